The summed E-state index contributed by atoms with van der Waals surface area (Å²) in [6, 6.07) is 19.7. The van der Waals surface area contributed by atoms with E-state index in [1.54, 1.807) is 36.4 Å². The number of aromatic carboxylic acids is 1. The number of nitrogens with one attached hydrogen (secondary N) is 1. The lowest BCUT2D eigenvalue weighted by atomic mass is 10.0. The first-order valence-corrected chi connectivity index (χ1v) is 10.1. The van der Waals surface area contributed by atoms with Crippen LogP contribution in [-0.2, 0) is 9.59 Å². The van der Waals surface area contributed by atoms with Crippen LogP contribution in [-0.4, -0.2) is 33.1 Å². The Labute approximate surface area is 193 Å². The molecular weight excluding hydrogens is 444 g/mol. The molecule has 1 fully saturated rings. The van der Waals surface area contributed by atoms with Crippen LogP contribution < -0.4 is 15.0 Å². The predicted octanol–water partition coefficient (Wildman–Crippen LogP) is 3.71. The molecule has 8 nitrogen and oxygen atoms in total. The van der Waals surface area contributed by atoms with E-state index in [2.05, 4.69) is 5.32 Å². The van der Waals surface area contributed by atoms with Crippen LogP contribution in [0, 0.1) is 0 Å². The van der Waals surface area contributed by atoms with Gasteiger partial charge < -0.3 is 14.9 Å². The van der Waals surface area contributed by atoms with Gasteiger partial charge in [0, 0.05) is 5.56 Å². The SMILES string of the molecule is O=C1NC(=S)N(c2ccc(Oc3ccccc3)cc2)C(=O)C1=Cc1cccc(C(=O)O)c1O. The first-order chi connectivity index (χ1) is 15.8. The Kier molecular flexibility index (Phi) is 5.88. The zero-order valence-corrected chi connectivity index (χ0v) is 17.7. The number of rotatable bonds is 5. The van der Waals surface area contributed by atoms with E-state index in [0.717, 1.165) is 11.0 Å². The van der Waals surface area contributed by atoms with Crippen LogP contribution in [0.3, 0.4) is 0 Å². The Morgan fingerprint density at radius 1 is 0.939 bits per heavy atom. The minimum Gasteiger partial charge on any atom is -0.506 e. The summed E-state index contributed by atoms with van der Waals surface area (Å²) in [6.45, 7) is 0. The van der Waals surface area contributed by atoms with E-state index in [9.17, 15) is 24.6 Å². The van der Waals surface area contributed by atoms with Crippen LogP contribution in [0.1, 0.15) is 15.9 Å². The maximum atomic E-state index is 13.1. The average molecular weight is 460 g/mol. The van der Waals surface area contributed by atoms with E-state index in [1.165, 1.54) is 18.2 Å². The first-order valence-electron chi connectivity index (χ1n) is 9.65. The van der Waals surface area contributed by atoms with Crippen molar-refractivity contribution in [1.82, 2.24) is 5.32 Å². The van der Waals surface area contributed by atoms with E-state index >= 15 is 0 Å². The molecule has 0 bridgehead atoms. The number of aromatic hydroxyl groups is 1. The molecule has 0 atom stereocenters. The third-order valence-corrected chi connectivity index (χ3v) is 5.06. The van der Waals surface area contributed by atoms with Crippen molar-refractivity contribution in [1.29, 1.82) is 0 Å². The molecule has 9 heteroatoms. The number of carboxylic acid groups (broad SMARTS) is 1. The third kappa shape index (κ3) is 4.43. The van der Waals surface area contributed by atoms with Crippen molar-refractivity contribution < 1.29 is 29.3 Å². The molecule has 33 heavy (non-hydrogen) atoms. The number of hydrogen-bond donors (Lipinski definition) is 3. The van der Waals surface area contributed by atoms with Gasteiger partial charge in [0.25, 0.3) is 11.8 Å². The molecule has 0 saturated carbocycles. The fourth-order valence-corrected chi connectivity index (χ4v) is 3.47. The lowest BCUT2D eigenvalue weighted by Gasteiger charge is -2.29. The summed E-state index contributed by atoms with van der Waals surface area (Å²) in [5, 5.41) is 21.7. The fraction of sp³-hybridized carbons (Fsp3) is 0. The van der Waals surface area contributed by atoms with Gasteiger partial charge in [0.15, 0.2) is 5.11 Å². The number of nitrogens with zero attached hydrogens (tertiary/aromatic N) is 1. The number of carboxylic acids is 1. The van der Waals surface area contributed by atoms with Crippen LogP contribution in [0.25, 0.3) is 6.08 Å². The van der Waals surface area contributed by atoms with Crippen LogP contribution >= 0.6 is 12.2 Å². The van der Waals surface area contributed by atoms with Gasteiger partial charge in [0.1, 0.15) is 28.4 Å². The van der Waals surface area contributed by atoms with Crippen molar-refractivity contribution in [2.75, 3.05) is 4.90 Å². The molecule has 1 aliphatic rings. The van der Waals surface area contributed by atoms with E-state index in [-0.39, 0.29) is 21.8 Å². The molecule has 0 unspecified atom stereocenters. The number of anilines is 1. The molecule has 3 aromatic carbocycles. The Hall–Kier alpha value is -4.50. The molecule has 164 valence electrons. The van der Waals surface area contributed by atoms with Crippen molar-refractivity contribution in [3.63, 3.8) is 0 Å². The summed E-state index contributed by atoms with van der Waals surface area (Å²) in [4.78, 5) is 38.0. The summed E-state index contributed by atoms with van der Waals surface area (Å²) in [5.74, 6) is -2.19. The normalized spacial score (nSPS) is 14.8. The number of para-hydroxylation sites is 2. The highest BCUT2D eigenvalue weighted by Gasteiger charge is 2.34. The minimum atomic E-state index is -1.34. The van der Waals surface area contributed by atoms with Gasteiger partial charge in [-0.15, -0.1) is 0 Å². The largest absolute Gasteiger partial charge is 0.506 e. The number of benzene rings is 3. The van der Waals surface area contributed by atoms with E-state index < -0.39 is 23.5 Å². The molecule has 3 aromatic rings. The molecule has 1 heterocycles. The molecule has 4 rings (SSSR count). The van der Waals surface area contributed by atoms with Gasteiger partial charge in [0.2, 0.25) is 0 Å². The van der Waals surface area contributed by atoms with E-state index in [0.29, 0.717) is 17.2 Å². The second-order valence-electron chi connectivity index (χ2n) is 6.92. The average Bonchev–Trinajstić information content (AvgIpc) is 2.79. The standard InChI is InChI=1S/C24H16N2O6S/c27-20-14(5-4-8-18(20)23(30)31)13-19-21(28)25-24(33)26(22(19)29)15-9-11-17(12-10-15)32-16-6-2-1-3-7-16/h1-13,27H,(H,30,31)(H,25,28,33). The summed E-state index contributed by atoms with van der Waals surface area (Å²) >= 11 is 5.19. The Morgan fingerprint density at radius 3 is 2.27 bits per heavy atom. The number of phenols is 1. The number of carbonyl (C=O) groups excluding carboxylic acids is 2. The molecule has 0 aromatic heterocycles. The summed E-state index contributed by atoms with van der Waals surface area (Å²) in [6.07, 6.45) is 1.13. The van der Waals surface area contributed by atoms with Crippen LogP contribution in [0.5, 0.6) is 17.2 Å². The quantitative estimate of drug-likeness (QED) is 0.302. The molecule has 2 amide bonds. The molecule has 0 spiro atoms. The van der Waals surface area contributed by atoms with Gasteiger partial charge in [-0.2, -0.15) is 0 Å². The van der Waals surface area contributed by atoms with Gasteiger partial charge >= 0.3 is 5.97 Å². The first kappa shape index (κ1) is 21.7. The maximum Gasteiger partial charge on any atom is 0.339 e. The Bertz CT molecular complexity index is 1300. The van der Waals surface area contributed by atoms with Gasteiger partial charge in [-0.3, -0.25) is 19.8 Å². The monoisotopic (exact) mass is 460 g/mol. The number of ether oxygens (including phenoxy) is 1. The molecule has 1 aliphatic heterocycles. The lowest BCUT2D eigenvalue weighted by Crippen LogP contribution is -2.54. The smallest absolute Gasteiger partial charge is 0.339 e. The van der Waals surface area contributed by atoms with Crippen molar-refractivity contribution >= 4 is 46.9 Å². The molecule has 3 N–H and O–H groups in total. The molecule has 0 aliphatic carbocycles. The molecular formula is C24H16N2O6S. The maximum absolute atomic E-state index is 13.1. The molecule has 1 saturated heterocycles. The zero-order valence-electron chi connectivity index (χ0n) is 16.9. The summed E-state index contributed by atoms with van der Waals surface area (Å²) < 4.78 is 5.74. The topological polar surface area (TPSA) is 116 Å². The molecule has 0 radical (unpaired) electrons. The van der Waals surface area contributed by atoms with Crippen molar-refractivity contribution in [2.24, 2.45) is 0 Å². The predicted molar refractivity (Wildman–Crippen MR) is 124 cm³/mol. The van der Waals surface area contributed by atoms with Crippen molar-refractivity contribution in [3.8, 4) is 17.2 Å². The van der Waals surface area contributed by atoms with Gasteiger partial charge in [-0.25, -0.2) is 4.79 Å². The fourth-order valence-electron chi connectivity index (χ4n) is 3.19. The highest BCUT2D eigenvalue weighted by atomic mass is 32.1. The second-order valence-corrected chi connectivity index (χ2v) is 7.30. The Balaban J connectivity index is 1.64. The lowest BCUT2D eigenvalue weighted by molar-refractivity contribution is -0.122. The van der Waals surface area contributed by atoms with Gasteiger partial charge in [-0.05, 0) is 60.8 Å². The van der Waals surface area contributed by atoms with E-state index in [1.807, 2.05) is 18.2 Å². The van der Waals surface area contributed by atoms with Crippen molar-refractivity contribution in [3.05, 3.63) is 89.5 Å². The van der Waals surface area contributed by atoms with Crippen LogP contribution in [0.2, 0.25) is 0 Å². The number of carbonyl (C=O) groups is 3. The Morgan fingerprint density at radius 2 is 1.61 bits per heavy atom. The number of thiocarbonyl (C=S) groups is 1. The third-order valence-electron chi connectivity index (χ3n) is 4.77. The second kappa shape index (κ2) is 8.93. The van der Waals surface area contributed by atoms with Gasteiger partial charge in [0.05, 0.1) is 5.69 Å². The van der Waals surface area contributed by atoms with Crippen molar-refractivity contribution in [2.45, 2.75) is 0 Å². The number of hydrogen-bond acceptors (Lipinski definition) is 6. The summed E-state index contributed by atoms with van der Waals surface area (Å²) in [7, 11) is 0. The number of amides is 2. The van der Waals surface area contributed by atoms with Crippen LogP contribution in [0.4, 0.5) is 5.69 Å². The van der Waals surface area contributed by atoms with Gasteiger partial charge in [-0.1, -0.05) is 30.3 Å². The van der Waals surface area contributed by atoms with E-state index in [4.69, 9.17) is 17.0 Å². The highest BCUT2D eigenvalue weighted by Crippen LogP contribution is 2.29. The minimum absolute atomic E-state index is 0.00720. The van der Waals surface area contributed by atoms with Crippen LogP contribution in [0.15, 0.2) is 78.4 Å². The summed E-state index contributed by atoms with van der Waals surface area (Å²) in [5.41, 5.74) is -0.270. The zero-order chi connectivity index (χ0) is 23.5. The highest BCUT2D eigenvalue weighted by molar-refractivity contribution is 7.80.